The van der Waals surface area contributed by atoms with Crippen LogP contribution in [-0.2, 0) is 4.74 Å². The van der Waals surface area contributed by atoms with Crippen molar-refractivity contribution in [1.82, 2.24) is 9.88 Å². The summed E-state index contributed by atoms with van der Waals surface area (Å²) in [6.07, 6.45) is 8.94. The molecular weight excluding hydrogens is 316 g/mol. The maximum Gasteiger partial charge on any atom is 0.254 e. The number of H-pyrrole nitrogens is 1. The average Bonchev–Trinajstić information content (AvgIpc) is 3.31. The number of carbonyl (C=O) groups is 1. The Balaban J connectivity index is 1.56. The van der Waals surface area contributed by atoms with Crippen molar-refractivity contribution in [2.24, 2.45) is 23.7 Å². The van der Waals surface area contributed by atoms with Crippen molar-refractivity contribution in [2.75, 3.05) is 20.3 Å². The van der Waals surface area contributed by atoms with Crippen LogP contribution < -0.4 is 5.56 Å². The van der Waals surface area contributed by atoms with Crippen molar-refractivity contribution in [1.29, 1.82) is 0 Å². The van der Waals surface area contributed by atoms with Gasteiger partial charge in [0, 0.05) is 44.1 Å². The first kappa shape index (κ1) is 16.8. The quantitative estimate of drug-likeness (QED) is 0.807. The minimum atomic E-state index is -0.216. The topological polar surface area (TPSA) is 62.4 Å². The van der Waals surface area contributed by atoms with Gasteiger partial charge in [-0.1, -0.05) is 6.42 Å². The summed E-state index contributed by atoms with van der Waals surface area (Å²) in [6, 6.07) is 3.49. The molecule has 3 aliphatic rings. The summed E-state index contributed by atoms with van der Waals surface area (Å²) in [5.74, 6) is 3.21. The molecule has 5 atom stereocenters. The van der Waals surface area contributed by atoms with Crippen LogP contribution in [0.1, 0.15) is 48.9 Å². The van der Waals surface area contributed by atoms with Crippen molar-refractivity contribution >= 4 is 5.91 Å². The third-order valence-corrected chi connectivity index (χ3v) is 6.82. The molecule has 1 N–H and O–H groups in total. The molecule has 0 aliphatic heterocycles. The fraction of sp³-hybridized carbons (Fsp3) is 0.700. The van der Waals surface area contributed by atoms with E-state index in [-0.39, 0.29) is 11.5 Å². The molecule has 136 valence electrons. The molecule has 5 heteroatoms. The number of rotatable bonds is 6. The monoisotopic (exact) mass is 344 g/mol. The normalized spacial score (nSPS) is 32.8. The molecule has 1 amide bonds. The van der Waals surface area contributed by atoms with Crippen LogP contribution in [0, 0.1) is 23.7 Å². The molecule has 0 spiro atoms. The van der Waals surface area contributed by atoms with Gasteiger partial charge in [-0.3, -0.25) is 9.59 Å². The Morgan fingerprint density at radius 2 is 2.12 bits per heavy atom. The van der Waals surface area contributed by atoms with Gasteiger partial charge in [0.2, 0.25) is 5.56 Å². The summed E-state index contributed by atoms with van der Waals surface area (Å²) in [6.45, 7) is 1.37. The highest BCUT2D eigenvalue weighted by molar-refractivity contribution is 5.94. The number of nitrogens with one attached hydrogen (secondary N) is 1. The summed E-state index contributed by atoms with van der Waals surface area (Å²) in [7, 11) is 1.70. The Bertz CT molecular complexity index is 686. The number of aromatic nitrogens is 1. The second-order valence-electron chi connectivity index (χ2n) is 8.01. The molecule has 1 heterocycles. The number of ether oxygens (including phenoxy) is 1. The number of hydrogen-bond donors (Lipinski definition) is 1. The molecule has 0 radical (unpaired) electrons. The second kappa shape index (κ2) is 6.94. The van der Waals surface area contributed by atoms with Gasteiger partial charge >= 0.3 is 0 Å². The molecule has 4 rings (SSSR count). The van der Waals surface area contributed by atoms with Crippen LogP contribution in [0.5, 0.6) is 0 Å². The number of aromatic amines is 1. The highest BCUT2D eigenvalue weighted by atomic mass is 16.5. The van der Waals surface area contributed by atoms with E-state index in [1.807, 2.05) is 0 Å². The minimum Gasteiger partial charge on any atom is -0.385 e. The number of fused-ring (bicyclic) bond motifs is 5. The largest absolute Gasteiger partial charge is 0.385 e. The van der Waals surface area contributed by atoms with E-state index in [9.17, 15) is 9.59 Å². The molecule has 0 aromatic carbocycles. The molecule has 25 heavy (non-hydrogen) atoms. The second-order valence-corrected chi connectivity index (χ2v) is 8.01. The fourth-order valence-electron chi connectivity index (χ4n) is 5.93. The lowest BCUT2D eigenvalue weighted by Gasteiger charge is -2.39. The van der Waals surface area contributed by atoms with Crippen molar-refractivity contribution in [2.45, 2.75) is 44.6 Å². The Morgan fingerprint density at radius 1 is 1.28 bits per heavy atom. The fourth-order valence-corrected chi connectivity index (χ4v) is 5.93. The lowest BCUT2D eigenvalue weighted by molar-refractivity contribution is 0.0493. The predicted molar refractivity (Wildman–Crippen MR) is 95.4 cm³/mol. The minimum absolute atomic E-state index is 0.00861. The molecule has 1 aromatic heterocycles. The van der Waals surface area contributed by atoms with E-state index in [1.54, 1.807) is 19.4 Å². The third-order valence-electron chi connectivity index (χ3n) is 6.82. The van der Waals surface area contributed by atoms with E-state index in [0.29, 0.717) is 30.7 Å². The summed E-state index contributed by atoms with van der Waals surface area (Å²) >= 11 is 0. The van der Waals surface area contributed by atoms with Crippen LogP contribution in [0.2, 0.25) is 0 Å². The summed E-state index contributed by atoms with van der Waals surface area (Å²) in [5, 5.41) is 0. The van der Waals surface area contributed by atoms with E-state index in [2.05, 4.69) is 9.88 Å². The average molecular weight is 344 g/mol. The van der Waals surface area contributed by atoms with Gasteiger partial charge in [0.1, 0.15) is 0 Å². The van der Waals surface area contributed by atoms with Crippen LogP contribution in [0.25, 0.3) is 0 Å². The summed E-state index contributed by atoms with van der Waals surface area (Å²) < 4.78 is 5.20. The zero-order chi connectivity index (χ0) is 17.4. The number of hydrogen-bond acceptors (Lipinski definition) is 3. The molecule has 3 fully saturated rings. The van der Waals surface area contributed by atoms with Crippen molar-refractivity contribution < 1.29 is 9.53 Å². The molecule has 0 saturated heterocycles. The van der Waals surface area contributed by atoms with E-state index in [1.165, 1.54) is 31.7 Å². The lowest BCUT2D eigenvalue weighted by atomic mass is 9.78. The Kier molecular flexibility index (Phi) is 4.67. The molecule has 3 aliphatic carbocycles. The zero-order valence-corrected chi connectivity index (χ0v) is 14.9. The van der Waals surface area contributed by atoms with Crippen molar-refractivity contribution in [3.05, 3.63) is 34.2 Å². The predicted octanol–water partition coefficient (Wildman–Crippen LogP) is 2.68. The smallest absolute Gasteiger partial charge is 0.254 e. The molecule has 2 bridgehead atoms. The van der Waals surface area contributed by atoms with Gasteiger partial charge in [0.05, 0.1) is 0 Å². The number of nitrogens with zero attached hydrogens (tertiary/aromatic N) is 1. The third kappa shape index (κ3) is 3.03. The van der Waals surface area contributed by atoms with E-state index in [4.69, 9.17) is 4.74 Å². The molecular formula is C20H28N2O3. The van der Waals surface area contributed by atoms with Gasteiger partial charge in [-0.2, -0.15) is 0 Å². The summed E-state index contributed by atoms with van der Waals surface area (Å²) in [5.41, 5.74) is 0.290. The Hall–Kier alpha value is -1.62. The zero-order valence-electron chi connectivity index (χ0n) is 14.9. The maximum atomic E-state index is 13.2. The van der Waals surface area contributed by atoms with Crippen molar-refractivity contribution in [3.63, 3.8) is 0 Å². The first-order valence-corrected chi connectivity index (χ1v) is 9.67. The van der Waals surface area contributed by atoms with Gasteiger partial charge < -0.3 is 14.6 Å². The van der Waals surface area contributed by atoms with E-state index < -0.39 is 0 Å². The van der Waals surface area contributed by atoms with Crippen LogP contribution in [0.15, 0.2) is 23.1 Å². The van der Waals surface area contributed by atoms with Crippen LogP contribution >= 0.6 is 0 Å². The number of amides is 1. The standard InChI is InChI=1S/C20H28N2O3/c1-25-9-3-8-22(20(24)13-6-7-21-19(23)12-13)18-11-14-10-17(18)16-5-2-4-15(14)16/h6-7,12,14-18H,2-5,8-11H2,1H3,(H,21,23). The van der Waals surface area contributed by atoms with Gasteiger partial charge in [-0.15, -0.1) is 0 Å². The molecule has 3 saturated carbocycles. The van der Waals surface area contributed by atoms with Gasteiger partial charge in [0.25, 0.3) is 5.91 Å². The van der Waals surface area contributed by atoms with Crippen molar-refractivity contribution in [3.8, 4) is 0 Å². The highest BCUT2D eigenvalue weighted by Gasteiger charge is 2.55. The van der Waals surface area contributed by atoms with Crippen LogP contribution in [-0.4, -0.2) is 42.1 Å². The summed E-state index contributed by atoms with van der Waals surface area (Å²) in [4.78, 5) is 29.5. The maximum absolute atomic E-state index is 13.2. The number of carbonyl (C=O) groups excluding carboxylic acids is 1. The highest BCUT2D eigenvalue weighted by Crippen LogP contribution is 2.59. The number of methoxy groups -OCH3 is 1. The van der Waals surface area contributed by atoms with Gasteiger partial charge in [-0.05, 0) is 61.8 Å². The Labute approximate surface area is 148 Å². The van der Waals surface area contributed by atoms with E-state index >= 15 is 0 Å². The lowest BCUT2D eigenvalue weighted by Crippen LogP contribution is -2.47. The van der Waals surface area contributed by atoms with Crippen LogP contribution in [0.3, 0.4) is 0 Å². The van der Waals surface area contributed by atoms with Crippen LogP contribution in [0.4, 0.5) is 0 Å². The first-order valence-electron chi connectivity index (χ1n) is 9.67. The molecule has 1 aromatic rings. The van der Waals surface area contributed by atoms with Gasteiger partial charge in [-0.25, -0.2) is 0 Å². The molecule has 5 nitrogen and oxygen atoms in total. The number of pyridine rings is 1. The Morgan fingerprint density at radius 3 is 2.92 bits per heavy atom. The molecule has 5 unspecified atom stereocenters. The van der Waals surface area contributed by atoms with E-state index in [0.717, 1.165) is 30.6 Å². The first-order chi connectivity index (χ1) is 12.2. The van der Waals surface area contributed by atoms with Gasteiger partial charge in [0.15, 0.2) is 0 Å². The SMILES string of the molecule is COCCCN(C(=O)c1cc[nH]c(=O)c1)C1CC2CC1C1CCCC21.